The molecule has 2 aliphatic carbocycles. The predicted octanol–water partition coefficient (Wildman–Crippen LogP) is 6.15. The minimum absolute atomic E-state index is 0.0149. The topological polar surface area (TPSA) is 202 Å². The number of phenolic OH excluding ortho intramolecular Hbond substituents is 1. The van der Waals surface area contributed by atoms with E-state index in [1.165, 1.54) is 7.11 Å². The number of carbonyl (C=O) groups is 3. The molecule has 5 N–H and O–H groups in total. The molecule has 10 bridgehead atoms. The monoisotopic (exact) mass is 795 g/mol. The number of H-pyrrole nitrogens is 1. The van der Waals surface area contributed by atoms with Crippen LogP contribution < -0.4 is 15.4 Å². The molecule has 6 aromatic rings. The lowest BCUT2D eigenvalue weighted by atomic mass is 9.71. The van der Waals surface area contributed by atoms with Crippen molar-refractivity contribution < 1.29 is 42.9 Å². The number of esters is 1. The zero-order chi connectivity index (χ0) is 40.5. The summed E-state index contributed by atoms with van der Waals surface area (Å²) in [7, 11) is 1.27. The minimum atomic E-state index is -1.56. The van der Waals surface area contributed by atoms with Gasteiger partial charge in [0.25, 0.3) is 5.91 Å². The summed E-state index contributed by atoms with van der Waals surface area (Å²) < 4.78 is 25.9. The number of nitrogens with one attached hydrogen (secondary N) is 3. The Labute approximate surface area is 337 Å². The molecule has 1 saturated carbocycles. The van der Waals surface area contributed by atoms with Gasteiger partial charge < -0.3 is 44.1 Å². The summed E-state index contributed by atoms with van der Waals surface area (Å²) in [4.78, 5) is 54.9. The van der Waals surface area contributed by atoms with Gasteiger partial charge >= 0.3 is 5.97 Å². The van der Waals surface area contributed by atoms with Crippen LogP contribution in [0.25, 0.3) is 44.9 Å². The fraction of sp³-hybridized carbons (Fsp3) is 0.356. The van der Waals surface area contributed by atoms with Crippen molar-refractivity contribution >= 4 is 28.7 Å². The first-order valence-electron chi connectivity index (χ1n) is 20.2. The highest BCUT2D eigenvalue weighted by Gasteiger charge is 2.61. The molecule has 3 aromatic heterocycles. The van der Waals surface area contributed by atoms with Gasteiger partial charge in [-0.2, -0.15) is 4.98 Å². The number of benzene rings is 3. The third kappa shape index (κ3) is 4.92. The quantitative estimate of drug-likeness (QED) is 0.128. The second-order valence-corrected chi connectivity index (χ2v) is 16.8. The number of phenols is 1. The van der Waals surface area contributed by atoms with E-state index >= 15 is 0 Å². The van der Waals surface area contributed by atoms with E-state index in [2.05, 4.69) is 21.7 Å². The third-order valence-corrected chi connectivity index (χ3v) is 13.2. The largest absolute Gasteiger partial charge is 0.506 e. The molecular weight excluding hydrogens is 755 g/mol. The average Bonchev–Trinajstić information content (AvgIpc) is 4.06. The lowest BCUT2D eigenvalue weighted by molar-refractivity contribution is -0.145. The Balaban J connectivity index is 1.21. The molecule has 14 nitrogen and oxygen atoms in total. The zero-order valence-corrected chi connectivity index (χ0v) is 32.6. The molecule has 1 spiro atoms. The summed E-state index contributed by atoms with van der Waals surface area (Å²) >= 11 is 0. The molecule has 2 unspecified atom stereocenters. The van der Waals surface area contributed by atoms with Gasteiger partial charge in [-0.15, -0.1) is 0 Å². The summed E-state index contributed by atoms with van der Waals surface area (Å²) in [6, 6.07) is 13.5. The molecule has 0 saturated heterocycles. The predicted molar refractivity (Wildman–Crippen MR) is 212 cm³/mol. The number of fused-ring (bicyclic) bond motifs is 7. The average molecular weight is 796 g/mol. The van der Waals surface area contributed by atoms with E-state index in [9.17, 15) is 24.6 Å². The van der Waals surface area contributed by atoms with Crippen molar-refractivity contribution in [1.29, 1.82) is 0 Å². The number of aromatic hydroxyl groups is 1. The van der Waals surface area contributed by atoms with Crippen LogP contribution in [0.2, 0.25) is 0 Å². The first kappa shape index (κ1) is 35.7. The first-order valence-corrected chi connectivity index (χ1v) is 20.2. The van der Waals surface area contributed by atoms with Gasteiger partial charge in [0.2, 0.25) is 17.7 Å². The van der Waals surface area contributed by atoms with Crippen LogP contribution in [0.1, 0.15) is 96.4 Å². The lowest BCUT2D eigenvalue weighted by Crippen LogP contribution is -2.56. The van der Waals surface area contributed by atoms with Crippen LogP contribution in [-0.4, -0.2) is 67.8 Å². The maximum atomic E-state index is 14.5. The highest BCUT2D eigenvalue weighted by atomic mass is 16.5. The zero-order valence-electron chi connectivity index (χ0n) is 32.6. The number of aromatic amines is 1. The number of hydrogen-bond donors (Lipinski definition) is 5. The Morgan fingerprint density at radius 1 is 0.983 bits per heavy atom. The minimum Gasteiger partial charge on any atom is -0.506 e. The Kier molecular flexibility index (Phi) is 7.60. The summed E-state index contributed by atoms with van der Waals surface area (Å²) in [6.45, 7) is 3.86. The SMILES string of the molecule is COC(=O)c1nc2oc1-c1c[nH]c3c(O)ccc(c13)-c1cccc3c1CC1Oc4ccc5cc4C31c1oc(nc1-2)[C@H](C(C)C)NC(=O)[C@@H](NC(=O)C1(O)CCCCC1)C5. The van der Waals surface area contributed by atoms with E-state index in [0.29, 0.717) is 47.2 Å². The van der Waals surface area contributed by atoms with Crippen LogP contribution >= 0.6 is 0 Å². The number of hydrogen-bond acceptors (Lipinski definition) is 11. The maximum Gasteiger partial charge on any atom is 0.360 e. The number of ether oxygens (including phenoxy) is 2. The number of aromatic nitrogens is 3. The molecule has 5 aliphatic rings. The fourth-order valence-electron chi connectivity index (χ4n) is 10.3. The molecule has 4 atom stereocenters. The Bertz CT molecular complexity index is 2790. The smallest absolute Gasteiger partial charge is 0.360 e. The van der Waals surface area contributed by atoms with Gasteiger partial charge in [-0.1, -0.05) is 63.4 Å². The fourth-order valence-corrected chi connectivity index (χ4v) is 10.3. The van der Waals surface area contributed by atoms with Gasteiger partial charge in [-0.05, 0) is 64.8 Å². The van der Waals surface area contributed by atoms with E-state index in [-0.39, 0.29) is 47.0 Å². The highest BCUT2D eigenvalue weighted by molar-refractivity contribution is 6.10. The number of methoxy groups -OCH3 is 1. The van der Waals surface area contributed by atoms with Gasteiger partial charge in [-0.25, -0.2) is 9.78 Å². The van der Waals surface area contributed by atoms with Crippen molar-refractivity contribution in [3.05, 3.63) is 94.3 Å². The van der Waals surface area contributed by atoms with Gasteiger partial charge in [-0.3, -0.25) is 9.59 Å². The molecular formula is C45H41N5O9. The number of carbonyl (C=O) groups excluding carboxylic acids is 3. The molecule has 3 aliphatic heterocycles. The second-order valence-electron chi connectivity index (χ2n) is 16.8. The molecule has 14 heteroatoms. The van der Waals surface area contributed by atoms with E-state index in [1.54, 1.807) is 12.3 Å². The number of nitrogens with zero attached hydrogens (tertiary/aromatic N) is 2. The Morgan fingerprint density at radius 3 is 2.61 bits per heavy atom. The number of amides is 2. The van der Waals surface area contributed by atoms with Gasteiger partial charge in [0.15, 0.2) is 22.9 Å². The molecule has 1 fully saturated rings. The molecule has 2 amide bonds. The van der Waals surface area contributed by atoms with Crippen molar-refractivity contribution in [1.82, 2.24) is 25.6 Å². The van der Waals surface area contributed by atoms with Gasteiger partial charge in [0, 0.05) is 35.6 Å². The standard InChI is InChI=1S/C45H41N5O9/c1-20(2)33-40-50-36-38(59-40)45-26-9-7-8-22(23-11-12-29(51)34-32(23)25(19-46-34)37-35(42(53)56-3)49-41(36)58-37)24(26)18-31(45)57-30-13-10-21(16-27(30)45)17-28(39(52)48-33)47-43(54)44(55)14-5-4-6-15-44/h7-13,16,19-20,28,31,33,46,51,55H,4-6,14-15,17-18H2,1-3H3,(H,47,54)(H,48,52)/t28-,31?,33-,45?/m0/s1. The summed E-state index contributed by atoms with van der Waals surface area (Å²) in [5.74, 6) is -0.746. The van der Waals surface area contributed by atoms with E-state index < -0.39 is 47.0 Å². The van der Waals surface area contributed by atoms with Crippen molar-refractivity contribution in [2.45, 2.75) is 88.0 Å². The van der Waals surface area contributed by atoms with Crippen molar-refractivity contribution in [3.8, 4) is 45.5 Å². The second kappa shape index (κ2) is 12.5. The van der Waals surface area contributed by atoms with Gasteiger partial charge in [0.1, 0.15) is 40.7 Å². The van der Waals surface area contributed by atoms with Crippen molar-refractivity contribution in [2.75, 3.05) is 7.11 Å². The number of oxazole rings is 2. The summed E-state index contributed by atoms with van der Waals surface area (Å²) in [5, 5.41) is 29.2. The molecule has 59 heavy (non-hydrogen) atoms. The number of rotatable bonds is 4. The molecule has 6 heterocycles. The molecule has 11 rings (SSSR count). The Morgan fingerprint density at radius 2 is 1.81 bits per heavy atom. The third-order valence-electron chi connectivity index (χ3n) is 13.2. The van der Waals surface area contributed by atoms with Gasteiger partial charge in [0.05, 0.1) is 12.6 Å². The van der Waals surface area contributed by atoms with Crippen molar-refractivity contribution in [3.63, 3.8) is 0 Å². The molecule has 0 radical (unpaired) electrons. The van der Waals surface area contributed by atoms with Crippen molar-refractivity contribution in [2.24, 2.45) is 5.92 Å². The molecule has 300 valence electrons. The van der Waals surface area contributed by atoms with Crippen LogP contribution in [-0.2, 0) is 32.6 Å². The van der Waals surface area contributed by atoms with E-state index in [0.717, 1.165) is 52.6 Å². The summed E-state index contributed by atoms with van der Waals surface area (Å²) in [6.07, 6.45) is 4.77. The summed E-state index contributed by atoms with van der Waals surface area (Å²) in [5.41, 5.74) is 3.47. The first-order chi connectivity index (χ1) is 28.5. The van der Waals surface area contributed by atoms with E-state index in [4.69, 9.17) is 28.3 Å². The lowest BCUT2D eigenvalue weighted by Gasteiger charge is -2.33. The highest BCUT2D eigenvalue weighted by Crippen LogP contribution is 2.61. The normalized spacial score (nSPS) is 23.1. The van der Waals surface area contributed by atoms with Crippen LogP contribution in [0.4, 0.5) is 0 Å². The van der Waals surface area contributed by atoms with Crippen LogP contribution in [0.5, 0.6) is 11.5 Å². The van der Waals surface area contributed by atoms with E-state index in [1.807, 2.05) is 50.2 Å². The van der Waals surface area contributed by atoms with Crippen LogP contribution in [0.3, 0.4) is 0 Å². The number of aliphatic hydroxyl groups is 1. The van der Waals surface area contributed by atoms with Crippen LogP contribution in [0.15, 0.2) is 63.6 Å². The van der Waals surface area contributed by atoms with Crippen LogP contribution in [0, 0.1) is 5.92 Å². The molecule has 3 aromatic carbocycles. The maximum absolute atomic E-state index is 14.5. The Hall–Kier alpha value is -6.41.